The third-order valence-corrected chi connectivity index (χ3v) is 2.49. The zero-order valence-electron chi connectivity index (χ0n) is 8.52. The summed E-state index contributed by atoms with van der Waals surface area (Å²) in [4.78, 5) is 19.6. The van der Waals surface area contributed by atoms with E-state index in [1.807, 2.05) is 0 Å². The number of anilines is 1. The topological polar surface area (TPSA) is 54.9 Å². The predicted molar refractivity (Wildman–Crippen MR) is 66.4 cm³/mol. The Bertz CT molecular complexity index is 560. The molecule has 2 aromatic rings. The third kappa shape index (κ3) is 2.93. The molecule has 1 N–H and O–H groups in total. The quantitative estimate of drug-likeness (QED) is 0.851. The van der Waals surface area contributed by atoms with Gasteiger partial charge in [-0.2, -0.15) is 0 Å². The lowest BCUT2D eigenvalue weighted by molar-refractivity contribution is 0.102. The second kappa shape index (κ2) is 5.12. The minimum absolute atomic E-state index is 0.254. The van der Waals surface area contributed by atoms with E-state index in [2.05, 4.69) is 15.3 Å². The van der Waals surface area contributed by atoms with E-state index in [0.717, 1.165) is 0 Å². The molecule has 1 amide bonds. The smallest absolute Gasteiger partial charge is 0.257 e. The lowest BCUT2D eigenvalue weighted by Gasteiger charge is -2.05. The van der Waals surface area contributed by atoms with Crippen LogP contribution in [-0.2, 0) is 0 Å². The highest BCUT2D eigenvalue weighted by Crippen LogP contribution is 2.18. The molecule has 86 valence electrons. The zero-order chi connectivity index (χ0) is 12.3. The maximum absolute atomic E-state index is 11.8. The summed E-state index contributed by atoms with van der Waals surface area (Å²) >= 11 is 11.6. The van der Waals surface area contributed by atoms with E-state index in [-0.39, 0.29) is 11.1 Å². The van der Waals surface area contributed by atoms with Gasteiger partial charge in [-0.05, 0) is 24.3 Å². The molecule has 0 bridgehead atoms. The Balaban J connectivity index is 2.20. The van der Waals surface area contributed by atoms with Crippen LogP contribution in [0.15, 0.2) is 36.7 Å². The molecule has 0 aliphatic heterocycles. The van der Waals surface area contributed by atoms with E-state index in [0.29, 0.717) is 16.4 Å². The Morgan fingerprint density at radius 3 is 2.71 bits per heavy atom. The maximum Gasteiger partial charge on any atom is 0.257 e. The van der Waals surface area contributed by atoms with E-state index in [9.17, 15) is 4.79 Å². The van der Waals surface area contributed by atoms with Crippen molar-refractivity contribution in [2.45, 2.75) is 0 Å². The number of halogens is 2. The molecule has 0 aliphatic carbocycles. The van der Waals surface area contributed by atoms with E-state index in [1.165, 1.54) is 12.3 Å². The molecule has 0 aromatic carbocycles. The molecule has 0 saturated heterocycles. The van der Waals surface area contributed by atoms with Crippen molar-refractivity contribution in [1.82, 2.24) is 9.97 Å². The first-order chi connectivity index (χ1) is 8.16. The Kier molecular flexibility index (Phi) is 3.56. The normalized spacial score (nSPS) is 10.0. The summed E-state index contributed by atoms with van der Waals surface area (Å²) in [6.45, 7) is 0. The zero-order valence-corrected chi connectivity index (χ0v) is 10.0. The molecule has 6 heteroatoms. The van der Waals surface area contributed by atoms with Crippen molar-refractivity contribution in [2.24, 2.45) is 0 Å². The number of aromatic nitrogens is 2. The number of amides is 1. The van der Waals surface area contributed by atoms with Gasteiger partial charge < -0.3 is 5.32 Å². The summed E-state index contributed by atoms with van der Waals surface area (Å²) in [5, 5.41) is 3.22. The molecule has 4 nitrogen and oxygen atoms in total. The third-order valence-electron chi connectivity index (χ3n) is 1.98. The second-order valence-corrected chi connectivity index (χ2v) is 3.95. The van der Waals surface area contributed by atoms with E-state index < -0.39 is 0 Å². The largest absolute Gasteiger partial charge is 0.305 e. The fourth-order valence-electron chi connectivity index (χ4n) is 1.20. The molecule has 0 saturated carbocycles. The van der Waals surface area contributed by atoms with Gasteiger partial charge in [-0.15, -0.1) is 0 Å². The fourth-order valence-corrected chi connectivity index (χ4v) is 1.54. The predicted octanol–water partition coefficient (Wildman–Crippen LogP) is 3.04. The van der Waals surface area contributed by atoms with Gasteiger partial charge in [0.2, 0.25) is 0 Å². The molecule has 2 heterocycles. The summed E-state index contributed by atoms with van der Waals surface area (Å²) in [5.74, 6) is -0.0259. The molecule has 0 spiro atoms. The van der Waals surface area contributed by atoms with Gasteiger partial charge in [-0.1, -0.05) is 23.2 Å². The highest BCUT2D eigenvalue weighted by molar-refractivity contribution is 6.33. The van der Waals surface area contributed by atoms with Gasteiger partial charge in [0.25, 0.3) is 5.91 Å². The molecule has 2 aromatic heterocycles. The van der Waals surface area contributed by atoms with Gasteiger partial charge in [0.1, 0.15) is 5.15 Å². The Labute approximate surface area is 108 Å². The van der Waals surface area contributed by atoms with Gasteiger partial charge in [-0.25, -0.2) is 9.97 Å². The van der Waals surface area contributed by atoms with Crippen LogP contribution in [0.3, 0.4) is 0 Å². The molecule has 0 fully saturated rings. The second-order valence-electron chi connectivity index (χ2n) is 3.16. The molecule has 0 unspecified atom stereocenters. The standard InChI is InChI=1S/C11H7Cl2N3O/c12-8-2-1-4-15-10(8)16-11(17)7-3-5-14-9(13)6-7/h1-6H,(H,15,16,17). The van der Waals surface area contributed by atoms with Crippen LogP contribution >= 0.6 is 23.2 Å². The van der Waals surface area contributed by atoms with Gasteiger partial charge in [0.15, 0.2) is 5.82 Å². The molecule has 17 heavy (non-hydrogen) atoms. The summed E-state index contributed by atoms with van der Waals surface area (Å²) in [7, 11) is 0. The number of pyridine rings is 2. The van der Waals surface area contributed by atoms with Crippen LogP contribution in [0.5, 0.6) is 0 Å². The van der Waals surface area contributed by atoms with Crippen molar-refractivity contribution in [2.75, 3.05) is 5.32 Å². The van der Waals surface area contributed by atoms with Crippen molar-refractivity contribution in [1.29, 1.82) is 0 Å². The van der Waals surface area contributed by atoms with Crippen LogP contribution < -0.4 is 5.32 Å². The fraction of sp³-hybridized carbons (Fsp3) is 0. The highest BCUT2D eigenvalue weighted by atomic mass is 35.5. The first-order valence-corrected chi connectivity index (χ1v) is 5.46. The van der Waals surface area contributed by atoms with Crippen molar-refractivity contribution in [3.8, 4) is 0 Å². The molecule has 0 radical (unpaired) electrons. The van der Waals surface area contributed by atoms with Gasteiger partial charge in [0.05, 0.1) is 5.02 Å². The van der Waals surface area contributed by atoms with Gasteiger partial charge in [-0.3, -0.25) is 4.79 Å². The molecular weight excluding hydrogens is 261 g/mol. The minimum Gasteiger partial charge on any atom is -0.305 e. The average molecular weight is 268 g/mol. The van der Waals surface area contributed by atoms with E-state index in [1.54, 1.807) is 24.4 Å². The van der Waals surface area contributed by atoms with Crippen LogP contribution in [0.1, 0.15) is 10.4 Å². The number of carbonyl (C=O) groups excluding carboxylic acids is 1. The minimum atomic E-state index is -0.338. The SMILES string of the molecule is O=C(Nc1ncccc1Cl)c1ccnc(Cl)c1. The Hall–Kier alpha value is -1.65. The summed E-state index contributed by atoms with van der Waals surface area (Å²) in [6, 6.07) is 6.34. The molecule has 0 atom stereocenters. The van der Waals surface area contributed by atoms with Crippen molar-refractivity contribution < 1.29 is 4.79 Å². The van der Waals surface area contributed by atoms with Crippen LogP contribution in [0.4, 0.5) is 5.82 Å². The van der Waals surface area contributed by atoms with E-state index in [4.69, 9.17) is 23.2 Å². The van der Waals surface area contributed by atoms with Crippen molar-refractivity contribution in [3.05, 3.63) is 52.4 Å². The Morgan fingerprint density at radius 2 is 2.00 bits per heavy atom. The van der Waals surface area contributed by atoms with Crippen LogP contribution in [-0.4, -0.2) is 15.9 Å². The van der Waals surface area contributed by atoms with Crippen molar-refractivity contribution >= 4 is 34.9 Å². The lowest BCUT2D eigenvalue weighted by atomic mass is 10.2. The number of nitrogens with one attached hydrogen (secondary N) is 1. The van der Waals surface area contributed by atoms with Crippen LogP contribution in [0.25, 0.3) is 0 Å². The summed E-state index contributed by atoms with van der Waals surface area (Å²) in [5.41, 5.74) is 0.395. The molecular formula is C11H7Cl2N3O. The van der Waals surface area contributed by atoms with Crippen LogP contribution in [0, 0.1) is 0 Å². The highest BCUT2D eigenvalue weighted by Gasteiger charge is 2.09. The first-order valence-electron chi connectivity index (χ1n) is 4.70. The number of nitrogens with zero attached hydrogens (tertiary/aromatic N) is 2. The monoisotopic (exact) mass is 267 g/mol. The van der Waals surface area contributed by atoms with Crippen molar-refractivity contribution in [3.63, 3.8) is 0 Å². The van der Waals surface area contributed by atoms with Gasteiger partial charge >= 0.3 is 0 Å². The molecule has 2 rings (SSSR count). The number of hydrogen-bond acceptors (Lipinski definition) is 3. The first kappa shape index (κ1) is 11.8. The number of carbonyl (C=O) groups is 1. The summed E-state index contributed by atoms with van der Waals surface area (Å²) in [6.07, 6.45) is 3.00. The van der Waals surface area contributed by atoms with E-state index >= 15 is 0 Å². The lowest BCUT2D eigenvalue weighted by Crippen LogP contribution is -2.13. The number of hydrogen-bond donors (Lipinski definition) is 1. The van der Waals surface area contributed by atoms with Crippen LogP contribution in [0.2, 0.25) is 10.2 Å². The number of rotatable bonds is 2. The average Bonchev–Trinajstić information content (AvgIpc) is 2.32. The van der Waals surface area contributed by atoms with Gasteiger partial charge in [0, 0.05) is 18.0 Å². The maximum atomic E-state index is 11.8. The Morgan fingerprint density at radius 1 is 1.18 bits per heavy atom. The summed E-state index contributed by atoms with van der Waals surface area (Å²) < 4.78 is 0. The molecule has 0 aliphatic rings.